The van der Waals surface area contributed by atoms with E-state index in [0.29, 0.717) is 29.9 Å². The zero-order chi connectivity index (χ0) is 12.7. The van der Waals surface area contributed by atoms with Crippen molar-refractivity contribution in [3.05, 3.63) is 28.4 Å². The zero-order valence-corrected chi connectivity index (χ0v) is 10.9. The van der Waals surface area contributed by atoms with Crippen molar-refractivity contribution in [3.8, 4) is 11.5 Å². The molecule has 0 saturated heterocycles. The van der Waals surface area contributed by atoms with Crippen LogP contribution in [0.15, 0.2) is 12.1 Å². The van der Waals surface area contributed by atoms with Crippen LogP contribution in [-0.4, -0.2) is 19.2 Å². The average molecular weight is 266 g/mol. The lowest BCUT2D eigenvalue weighted by atomic mass is 10.1. The van der Waals surface area contributed by atoms with Crippen molar-refractivity contribution in [2.24, 2.45) is 0 Å². The van der Waals surface area contributed by atoms with E-state index in [9.17, 15) is 0 Å². The number of hydrogen-bond acceptors (Lipinski definition) is 4. The molecule has 2 heterocycles. The second-order valence-electron chi connectivity index (χ2n) is 4.08. The van der Waals surface area contributed by atoms with E-state index in [1.807, 2.05) is 12.1 Å². The highest BCUT2D eigenvalue weighted by molar-refractivity contribution is 6.30. The highest BCUT2D eigenvalue weighted by Gasteiger charge is 2.21. The van der Waals surface area contributed by atoms with Gasteiger partial charge in [0.2, 0.25) is 0 Å². The summed E-state index contributed by atoms with van der Waals surface area (Å²) < 4.78 is 16.0. The molecular weight excluding hydrogens is 254 g/mol. The van der Waals surface area contributed by atoms with Gasteiger partial charge in [-0.25, -0.2) is 4.98 Å². The second-order valence-corrected chi connectivity index (χ2v) is 4.43. The number of aromatic nitrogens is 1. The van der Waals surface area contributed by atoms with Crippen LogP contribution in [0.4, 0.5) is 0 Å². The Bertz CT molecular complexity index is 627. The molecule has 2 aromatic rings. The molecule has 0 saturated carbocycles. The van der Waals surface area contributed by atoms with Crippen molar-refractivity contribution in [3.63, 3.8) is 0 Å². The standard InChI is InChI=1S/C13H12ClNO3/c1-16-11-3-7-8-5-18-6-9(8)13(14)15-10(7)4-12(11)17-2/h3-4H,5-6H2,1-2H3. The molecule has 0 N–H and O–H groups in total. The normalized spacial score (nSPS) is 13.7. The maximum atomic E-state index is 6.15. The van der Waals surface area contributed by atoms with Crippen LogP contribution < -0.4 is 9.47 Å². The Morgan fingerprint density at radius 3 is 2.50 bits per heavy atom. The Balaban J connectivity index is 2.34. The van der Waals surface area contributed by atoms with Crippen molar-refractivity contribution in [1.29, 1.82) is 0 Å². The molecule has 0 spiro atoms. The fourth-order valence-electron chi connectivity index (χ4n) is 2.23. The Labute approximate surface area is 109 Å². The molecule has 0 radical (unpaired) electrons. The number of pyridine rings is 1. The van der Waals surface area contributed by atoms with Crippen LogP contribution in [0.5, 0.6) is 11.5 Å². The third-order valence-corrected chi connectivity index (χ3v) is 3.46. The Morgan fingerprint density at radius 2 is 1.78 bits per heavy atom. The summed E-state index contributed by atoms with van der Waals surface area (Å²) in [6.45, 7) is 1.08. The molecule has 1 aliphatic heterocycles. The molecule has 18 heavy (non-hydrogen) atoms. The lowest BCUT2D eigenvalue weighted by molar-refractivity contribution is 0.135. The van der Waals surface area contributed by atoms with Crippen LogP contribution in [0.3, 0.4) is 0 Å². The number of halogens is 1. The van der Waals surface area contributed by atoms with E-state index < -0.39 is 0 Å². The lowest BCUT2D eigenvalue weighted by Gasteiger charge is -2.11. The summed E-state index contributed by atoms with van der Waals surface area (Å²) in [6.07, 6.45) is 0. The minimum Gasteiger partial charge on any atom is -0.493 e. The summed E-state index contributed by atoms with van der Waals surface area (Å²) in [5.74, 6) is 1.33. The van der Waals surface area contributed by atoms with E-state index in [-0.39, 0.29) is 0 Å². The highest BCUT2D eigenvalue weighted by atomic mass is 35.5. The van der Waals surface area contributed by atoms with Gasteiger partial charge in [0, 0.05) is 17.0 Å². The summed E-state index contributed by atoms with van der Waals surface area (Å²) >= 11 is 6.15. The molecule has 1 aromatic heterocycles. The van der Waals surface area contributed by atoms with Crippen molar-refractivity contribution in [2.75, 3.05) is 14.2 Å². The number of hydrogen-bond donors (Lipinski definition) is 0. The van der Waals surface area contributed by atoms with Gasteiger partial charge in [0.05, 0.1) is 33.0 Å². The minimum absolute atomic E-state index is 0.502. The van der Waals surface area contributed by atoms with Gasteiger partial charge in [0.25, 0.3) is 0 Å². The zero-order valence-electron chi connectivity index (χ0n) is 10.1. The first-order valence-corrected chi connectivity index (χ1v) is 5.93. The quantitative estimate of drug-likeness (QED) is 0.783. The minimum atomic E-state index is 0.502. The van der Waals surface area contributed by atoms with Gasteiger partial charge in [0.15, 0.2) is 11.5 Å². The van der Waals surface area contributed by atoms with Crippen molar-refractivity contribution in [2.45, 2.75) is 13.2 Å². The van der Waals surface area contributed by atoms with E-state index in [1.165, 1.54) is 0 Å². The number of nitrogens with zero attached hydrogens (tertiary/aromatic N) is 1. The van der Waals surface area contributed by atoms with Gasteiger partial charge in [-0.1, -0.05) is 11.6 Å². The van der Waals surface area contributed by atoms with Gasteiger partial charge in [-0.3, -0.25) is 0 Å². The summed E-state index contributed by atoms with van der Waals surface area (Å²) in [7, 11) is 3.21. The number of benzene rings is 1. The molecule has 0 aliphatic carbocycles. The molecular formula is C13H12ClNO3. The predicted molar refractivity (Wildman–Crippen MR) is 68.4 cm³/mol. The topological polar surface area (TPSA) is 40.6 Å². The van der Waals surface area contributed by atoms with E-state index in [1.54, 1.807) is 14.2 Å². The molecule has 0 atom stereocenters. The molecule has 4 nitrogen and oxygen atoms in total. The Morgan fingerprint density at radius 1 is 1.11 bits per heavy atom. The molecule has 0 fully saturated rings. The van der Waals surface area contributed by atoms with Crippen LogP contribution in [0.2, 0.25) is 5.15 Å². The van der Waals surface area contributed by atoms with Crippen LogP contribution in [-0.2, 0) is 18.0 Å². The van der Waals surface area contributed by atoms with Crippen LogP contribution in [0, 0.1) is 0 Å². The third kappa shape index (κ3) is 1.61. The number of fused-ring (bicyclic) bond motifs is 3. The van der Waals surface area contributed by atoms with Gasteiger partial charge in [0.1, 0.15) is 5.15 Å². The predicted octanol–water partition coefficient (Wildman–Crippen LogP) is 2.94. The van der Waals surface area contributed by atoms with Gasteiger partial charge < -0.3 is 14.2 Å². The maximum Gasteiger partial charge on any atom is 0.162 e. The molecule has 0 bridgehead atoms. The molecule has 0 amide bonds. The van der Waals surface area contributed by atoms with E-state index in [4.69, 9.17) is 25.8 Å². The highest BCUT2D eigenvalue weighted by Crippen LogP contribution is 2.37. The molecule has 94 valence electrons. The van der Waals surface area contributed by atoms with Gasteiger partial charge in [-0.15, -0.1) is 0 Å². The van der Waals surface area contributed by atoms with Gasteiger partial charge in [-0.2, -0.15) is 0 Å². The second kappa shape index (κ2) is 4.30. The Kier molecular flexibility index (Phi) is 2.76. The summed E-state index contributed by atoms with van der Waals surface area (Å²) in [4.78, 5) is 4.38. The lowest BCUT2D eigenvalue weighted by Crippen LogP contribution is -1.95. The maximum absolute atomic E-state index is 6.15. The van der Waals surface area contributed by atoms with E-state index >= 15 is 0 Å². The fraction of sp³-hybridized carbons (Fsp3) is 0.308. The number of ether oxygens (including phenoxy) is 3. The van der Waals surface area contributed by atoms with Crippen molar-refractivity contribution < 1.29 is 14.2 Å². The largest absolute Gasteiger partial charge is 0.493 e. The van der Waals surface area contributed by atoms with Crippen LogP contribution in [0.1, 0.15) is 11.1 Å². The van der Waals surface area contributed by atoms with Gasteiger partial charge >= 0.3 is 0 Å². The first-order valence-electron chi connectivity index (χ1n) is 5.55. The first kappa shape index (κ1) is 11.6. The SMILES string of the molecule is COc1cc2nc(Cl)c3c(c2cc1OC)COC3. The molecule has 0 unspecified atom stereocenters. The third-order valence-electron chi connectivity index (χ3n) is 3.15. The molecule has 1 aromatic carbocycles. The Hall–Kier alpha value is -1.52. The number of methoxy groups -OCH3 is 2. The summed E-state index contributed by atoms with van der Waals surface area (Å²) in [5.41, 5.74) is 2.85. The van der Waals surface area contributed by atoms with E-state index in [0.717, 1.165) is 22.0 Å². The van der Waals surface area contributed by atoms with Crippen LogP contribution in [0.25, 0.3) is 10.9 Å². The summed E-state index contributed by atoms with van der Waals surface area (Å²) in [5, 5.41) is 1.51. The molecule has 1 aliphatic rings. The van der Waals surface area contributed by atoms with Crippen molar-refractivity contribution >= 4 is 22.5 Å². The fourth-order valence-corrected chi connectivity index (χ4v) is 2.49. The van der Waals surface area contributed by atoms with E-state index in [2.05, 4.69) is 4.98 Å². The van der Waals surface area contributed by atoms with Crippen molar-refractivity contribution in [1.82, 2.24) is 4.98 Å². The first-order chi connectivity index (χ1) is 8.74. The smallest absolute Gasteiger partial charge is 0.162 e. The van der Waals surface area contributed by atoms with Gasteiger partial charge in [-0.05, 0) is 11.6 Å². The molecule has 3 rings (SSSR count). The molecule has 5 heteroatoms. The average Bonchev–Trinajstić information content (AvgIpc) is 2.87. The summed E-state index contributed by atoms with van der Waals surface area (Å²) in [6, 6.07) is 3.75. The number of rotatable bonds is 2. The monoisotopic (exact) mass is 265 g/mol. The van der Waals surface area contributed by atoms with Crippen LogP contribution >= 0.6 is 11.6 Å².